The zero-order valence-electron chi connectivity index (χ0n) is 15.0. The van der Waals surface area contributed by atoms with Gasteiger partial charge >= 0.3 is 11.8 Å². The molecule has 3 rings (SSSR count). The van der Waals surface area contributed by atoms with Gasteiger partial charge in [0.1, 0.15) is 0 Å². The molecule has 1 N–H and O–H groups in total. The van der Waals surface area contributed by atoms with Gasteiger partial charge in [-0.15, -0.1) is 0 Å². The number of amides is 2. The average molecular weight is 416 g/mol. The summed E-state index contributed by atoms with van der Waals surface area (Å²) in [6.45, 7) is 6.75. The van der Waals surface area contributed by atoms with Crippen LogP contribution in [0.5, 0.6) is 0 Å². The van der Waals surface area contributed by atoms with Gasteiger partial charge in [-0.2, -0.15) is 0 Å². The molecule has 0 unspecified atom stereocenters. The van der Waals surface area contributed by atoms with Crippen molar-refractivity contribution in [2.45, 2.75) is 13.8 Å². The number of halogens is 1. The van der Waals surface area contributed by atoms with Gasteiger partial charge in [0.15, 0.2) is 0 Å². The molecule has 2 aromatic rings. The number of piperazine rings is 1. The van der Waals surface area contributed by atoms with Crippen molar-refractivity contribution < 1.29 is 9.59 Å². The van der Waals surface area contributed by atoms with Crippen molar-refractivity contribution in [2.24, 2.45) is 0 Å². The number of aryl methyl sites for hydroxylation is 1. The van der Waals surface area contributed by atoms with E-state index in [-0.39, 0.29) is 0 Å². The molecule has 5 nitrogen and oxygen atoms in total. The lowest BCUT2D eigenvalue weighted by atomic mass is 10.1. The Bertz CT molecular complexity index is 830. The lowest BCUT2D eigenvalue weighted by Gasteiger charge is -2.36. The molecule has 0 atom stereocenters. The molecule has 6 heteroatoms. The van der Waals surface area contributed by atoms with Crippen molar-refractivity contribution in [3.63, 3.8) is 0 Å². The van der Waals surface area contributed by atoms with Crippen LogP contribution in [-0.4, -0.2) is 42.9 Å². The molecule has 0 saturated carbocycles. The van der Waals surface area contributed by atoms with Crippen molar-refractivity contribution in [2.75, 3.05) is 36.4 Å². The highest BCUT2D eigenvalue weighted by Crippen LogP contribution is 2.24. The molecule has 2 aromatic carbocycles. The molecule has 0 spiro atoms. The Balaban J connectivity index is 1.59. The van der Waals surface area contributed by atoms with E-state index in [1.165, 1.54) is 16.8 Å². The summed E-state index contributed by atoms with van der Waals surface area (Å²) in [7, 11) is 0. The first-order valence-corrected chi connectivity index (χ1v) is 9.42. The molecule has 0 aliphatic carbocycles. The largest absolute Gasteiger partial charge is 0.368 e. The Hall–Kier alpha value is -2.34. The molecule has 2 amide bonds. The van der Waals surface area contributed by atoms with Crippen LogP contribution in [0.1, 0.15) is 11.1 Å². The summed E-state index contributed by atoms with van der Waals surface area (Å²) in [5.74, 6) is -1.08. The second-order valence-corrected chi connectivity index (χ2v) is 7.38. The number of hydrogen-bond donors (Lipinski definition) is 1. The highest BCUT2D eigenvalue weighted by atomic mass is 79.9. The Morgan fingerprint density at radius 3 is 2.38 bits per heavy atom. The van der Waals surface area contributed by atoms with Crippen molar-refractivity contribution in [1.82, 2.24) is 4.90 Å². The molecule has 1 fully saturated rings. The van der Waals surface area contributed by atoms with E-state index < -0.39 is 11.8 Å². The first-order chi connectivity index (χ1) is 12.5. The number of anilines is 2. The van der Waals surface area contributed by atoms with Gasteiger partial charge < -0.3 is 15.1 Å². The topological polar surface area (TPSA) is 52.7 Å². The number of nitrogens with zero attached hydrogens (tertiary/aromatic N) is 2. The zero-order valence-corrected chi connectivity index (χ0v) is 16.5. The van der Waals surface area contributed by atoms with E-state index in [2.05, 4.69) is 58.2 Å². The Morgan fingerprint density at radius 1 is 1.00 bits per heavy atom. The van der Waals surface area contributed by atoms with Crippen LogP contribution in [0.3, 0.4) is 0 Å². The third-order valence-corrected chi connectivity index (χ3v) is 5.25. The summed E-state index contributed by atoms with van der Waals surface area (Å²) >= 11 is 3.35. The minimum Gasteiger partial charge on any atom is -0.368 e. The number of nitrogens with one attached hydrogen (secondary N) is 1. The van der Waals surface area contributed by atoms with E-state index >= 15 is 0 Å². The zero-order chi connectivity index (χ0) is 18.7. The lowest BCUT2D eigenvalue weighted by molar-refractivity contribution is -0.143. The van der Waals surface area contributed by atoms with Crippen molar-refractivity contribution in [3.8, 4) is 0 Å². The Labute approximate surface area is 162 Å². The maximum Gasteiger partial charge on any atom is 0.313 e. The minimum absolute atomic E-state index is 0.481. The third-order valence-electron chi connectivity index (χ3n) is 4.76. The summed E-state index contributed by atoms with van der Waals surface area (Å²) in [4.78, 5) is 28.6. The summed E-state index contributed by atoms with van der Waals surface area (Å²) in [5.41, 5.74) is 4.33. The summed E-state index contributed by atoms with van der Waals surface area (Å²) in [6, 6.07) is 13.5. The van der Waals surface area contributed by atoms with Crippen LogP contribution in [0, 0.1) is 13.8 Å². The SMILES string of the molecule is Cc1cccc(N2CCN(C(=O)C(=O)Nc3cccc(Br)c3)CC2)c1C. The number of hydrogen-bond acceptors (Lipinski definition) is 3. The fourth-order valence-electron chi connectivity index (χ4n) is 3.12. The van der Waals surface area contributed by atoms with E-state index in [4.69, 9.17) is 0 Å². The predicted octanol–water partition coefficient (Wildman–Crippen LogP) is 3.35. The van der Waals surface area contributed by atoms with E-state index in [0.29, 0.717) is 18.8 Å². The fourth-order valence-corrected chi connectivity index (χ4v) is 3.52. The van der Waals surface area contributed by atoms with E-state index in [1.807, 2.05) is 12.1 Å². The van der Waals surface area contributed by atoms with Gasteiger partial charge in [-0.25, -0.2) is 0 Å². The quantitative estimate of drug-likeness (QED) is 0.765. The number of rotatable bonds is 2. The van der Waals surface area contributed by atoms with Crippen LogP contribution in [0.2, 0.25) is 0 Å². The third kappa shape index (κ3) is 4.07. The van der Waals surface area contributed by atoms with Gasteiger partial charge in [-0.1, -0.05) is 34.1 Å². The molecule has 1 aliphatic rings. The van der Waals surface area contributed by atoms with E-state index in [1.54, 1.807) is 17.0 Å². The molecule has 26 heavy (non-hydrogen) atoms. The van der Waals surface area contributed by atoms with Crippen molar-refractivity contribution >= 4 is 39.1 Å². The Morgan fingerprint density at radius 2 is 1.69 bits per heavy atom. The van der Waals surface area contributed by atoms with Crippen LogP contribution in [0.15, 0.2) is 46.9 Å². The van der Waals surface area contributed by atoms with Crippen LogP contribution < -0.4 is 10.2 Å². The van der Waals surface area contributed by atoms with Gasteiger partial charge in [0, 0.05) is 42.0 Å². The molecule has 136 valence electrons. The van der Waals surface area contributed by atoms with Crippen LogP contribution in [-0.2, 0) is 9.59 Å². The molecule has 0 bridgehead atoms. The highest BCUT2D eigenvalue weighted by molar-refractivity contribution is 9.10. The normalized spacial score (nSPS) is 14.3. The second-order valence-electron chi connectivity index (χ2n) is 6.46. The number of carbonyl (C=O) groups excluding carboxylic acids is 2. The fraction of sp³-hybridized carbons (Fsp3) is 0.300. The monoisotopic (exact) mass is 415 g/mol. The predicted molar refractivity (Wildman–Crippen MR) is 107 cm³/mol. The van der Waals surface area contributed by atoms with E-state index in [9.17, 15) is 9.59 Å². The standard InChI is InChI=1S/C20H22BrN3O2/c1-14-5-3-8-18(15(14)2)23-9-11-24(12-10-23)20(26)19(25)22-17-7-4-6-16(21)13-17/h3-8,13H,9-12H2,1-2H3,(H,22,25). The van der Waals surface area contributed by atoms with E-state index in [0.717, 1.165) is 17.6 Å². The van der Waals surface area contributed by atoms with Gasteiger partial charge in [0.2, 0.25) is 0 Å². The molecular weight excluding hydrogens is 394 g/mol. The van der Waals surface area contributed by atoms with Crippen molar-refractivity contribution in [3.05, 3.63) is 58.1 Å². The molecule has 1 saturated heterocycles. The number of carbonyl (C=O) groups is 2. The maximum atomic E-state index is 12.4. The Kier molecular flexibility index (Phi) is 5.61. The van der Waals surface area contributed by atoms with Crippen LogP contribution in [0.25, 0.3) is 0 Å². The second kappa shape index (κ2) is 7.91. The average Bonchev–Trinajstić information content (AvgIpc) is 2.63. The first-order valence-electron chi connectivity index (χ1n) is 8.62. The molecule has 1 aliphatic heterocycles. The lowest BCUT2D eigenvalue weighted by Crippen LogP contribution is -2.51. The van der Waals surface area contributed by atoms with Gasteiger partial charge in [-0.3, -0.25) is 9.59 Å². The maximum absolute atomic E-state index is 12.4. The smallest absolute Gasteiger partial charge is 0.313 e. The van der Waals surface area contributed by atoms with Gasteiger partial charge in [0.25, 0.3) is 0 Å². The summed E-state index contributed by atoms with van der Waals surface area (Å²) < 4.78 is 0.852. The molecule has 0 aromatic heterocycles. The van der Waals surface area contributed by atoms with Gasteiger partial charge in [0.05, 0.1) is 0 Å². The first kappa shape index (κ1) is 18.5. The number of benzene rings is 2. The van der Waals surface area contributed by atoms with Crippen molar-refractivity contribution in [1.29, 1.82) is 0 Å². The summed E-state index contributed by atoms with van der Waals surface area (Å²) in [5, 5.41) is 2.67. The highest BCUT2D eigenvalue weighted by Gasteiger charge is 2.26. The van der Waals surface area contributed by atoms with Crippen LogP contribution >= 0.6 is 15.9 Å². The van der Waals surface area contributed by atoms with Crippen LogP contribution in [0.4, 0.5) is 11.4 Å². The summed E-state index contributed by atoms with van der Waals surface area (Å²) in [6.07, 6.45) is 0. The molecule has 0 radical (unpaired) electrons. The molecular formula is C20H22BrN3O2. The minimum atomic E-state index is -0.594. The van der Waals surface area contributed by atoms with Gasteiger partial charge in [-0.05, 0) is 49.2 Å². The molecule has 1 heterocycles.